The topological polar surface area (TPSA) is 107 Å². The van der Waals surface area contributed by atoms with Crippen LogP contribution in [-0.2, 0) is 19.4 Å². The molecule has 1 aromatic rings. The van der Waals surface area contributed by atoms with E-state index in [0.29, 0.717) is 5.69 Å². The zero-order chi connectivity index (χ0) is 16.1. The fraction of sp³-hybridized carbons (Fsp3) is 0.308. The Labute approximate surface area is 168 Å². The number of alkyl halides is 1. The van der Waals surface area contributed by atoms with Crippen molar-refractivity contribution in [1.82, 2.24) is 9.88 Å². The van der Waals surface area contributed by atoms with Gasteiger partial charge in [0.25, 0.3) is 5.91 Å². The van der Waals surface area contributed by atoms with Gasteiger partial charge in [0.05, 0.1) is 26.4 Å². The molecule has 2 aliphatic heterocycles. The number of carbonyl (C=O) groups is 2. The van der Waals surface area contributed by atoms with Gasteiger partial charge >= 0.3 is 29.6 Å². The smallest absolute Gasteiger partial charge is 0.549 e. The van der Waals surface area contributed by atoms with E-state index in [4.69, 9.17) is 0 Å². The maximum atomic E-state index is 12.4. The minimum absolute atomic E-state index is 0. The molecule has 2 fully saturated rings. The first-order valence-electron chi connectivity index (χ1n) is 6.30. The minimum Gasteiger partial charge on any atom is -0.549 e. The van der Waals surface area contributed by atoms with Crippen LogP contribution in [0.2, 0.25) is 0 Å². The summed E-state index contributed by atoms with van der Waals surface area (Å²) in [5, 5.41) is 10.1. The average Bonchev–Trinajstić information content (AvgIpc) is 2.45. The number of sulfone groups is 1. The van der Waals surface area contributed by atoms with Crippen molar-refractivity contribution in [3.63, 3.8) is 0 Å². The van der Waals surface area contributed by atoms with Gasteiger partial charge in [-0.25, -0.2) is 8.42 Å². The number of hydrogen-bond donors (Lipinski definition) is 0. The van der Waals surface area contributed by atoms with Crippen LogP contribution in [0.1, 0.15) is 5.69 Å². The summed E-state index contributed by atoms with van der Waals surface area (Å²) in [6, 6.07) is 5.09. The molecule has 10 heteroatoms. The number of fused-ring (bicyclic) bond motifs is 1. The van der Waals surface area contributed by atoms with Crippen LogP contribution in [0, 0.1) is 0 Å². The summed E-state index contributed by atoms with van der Waals surface area (Å²) in [6.45, 7) is -0.182. The van der Waals surface area contributed by atoms with Crippen molar-refractivity contribution < 1.29 is 52.7 Å². The molecule has 0 N–H and O–H groups in total. The molecule has 23 heavy (non-hydrogen) atoms. The number of β-lactam (4-membered cyclic amide) rings is 1. The zero-order valence-electron chi connectivity index (χ0n) is 12.1. The summed E-state index contributed by atoms with van der Waals surface area (Å²) < 4.78 is 23.1. The van der Waals surface area contributed by atoms with E-state index in [-0.39, 0.29) is 41.7 Å². The number of halogens is 1. The second-order valence-electron chi connectivity index (χ2n) is 5.20. The molecule has 0 saturated carbocycles. The first-order valence-corrected chi connectivity index (χ1v) is 9.09. The van der Waals surface area contributed by atoms with Crippen LogP contribution in [0.5, 0.6) is 0 Å². The van der Waals surface area contributed by atoms with Gasteiger partial charge in [0.15, 0.2) is 15.2 Å². The number of hydrogen-bond acceptors (Lipinski definition) is 6. The van der Waals surface area contributed by atoms with Crippen molar-refractivity contribution >= 4 is 50.4 Å². The van der Waals surface area contributed by atoms with E-state index in [9.17, 15) is 23.1 Å². The van der Waals surface area contributed by atoms with Crippen LogP contribution >= 0.6 is 22.6 Å². The fourth-order valence-corrected chi connectivity index (χ4v) is 6.40. The largest absolute Gasteiger partial charge is 1.00 e. The third-order valence-corrected chi connectivity index (χ3v) is 7.37. The molecule has 3 heterocycles. The normalized spacial score (nSPS) is 30.1. The summed E-state index contributed by atoms with van der Waals surface area (Å²) >= 11 is 1.54. The molecule has 2 atom stereocenters. The molecule has 2 saturated heterocycles. The number of amides is 1. The summed E-state index contributed by atoms with van der Waals surface area (Å²) in [5.74, 6) is -2.53. The number of pyridine rings is 1. The predicted octanol–water partition coefficient (Wildman–Crippen LogP) is -4.01. The molecule has 2 aliphatic rings. The first-order chi connectivity index (χ1) is 10.2. The van der Waals surface area contributed by atoms with Crippen LogP contribution in [0.15, 0.2) is 30.0 Å². The van der Waals surface area contributed by atoms with E-state index in [0.717, 1.165) is 4.90 Å². The molecule has 1 unspecified atom stereocenters. The Morgan fingerprint density at radius 3 is 2.74 bits per heavy atom. The molecular formula is C13H10IN2NaO5S. The Bertz CT molecular complexity index is 798. The van der Waals surface area contributed by atoms with Crippen LogP contribution < -0.4 is 34.7 Å². The van der Waals surface area contributed by atoms with Gasteiger partial charge in [-0.2, -0.15) is 0 Å². The predicted molar refractivity (Wildman–Crippen MR) is 83.3 cm³/mol. The molecule has 0 radical (unpaired) electrons. The maximum absolute atomic E-state index is 12.4. The molecule has 1 amide bonds. The van der Waals surface area contributed by atoms with E-state index >= 15 is 0 Å². The quantitative estimate of drug-likeness (QED) is 0.148. The molecule has 0 aromatic carbocycles. The molecule has 7 nitrogen and oxygen atoms in total. The van der Waals surface area contributed by atoms with Gasteiger partial charge < -0.3 is 14.8 Å². The number of aromatic nitrogens is 1. The third kappa shape index (κ3) is 3.21. The number of rotatable bonds is 2. The summed E-state index contributed by atoms with van der Waals surface area (Å²) in [6.07, 6.45) is 2.97. The SMILES string of the molecule is O=C1C(=Cc2ccccn2)[C@@H]2N1CC(I)(C(=O)[O-])CS2(=O)=O.[Na+]. The second kappa shape index (κ2) is 6.43. The Kier molecular flexibility index (Phi) is 5.27. The van der Waals surface area contributed by atoms with Crippen molar-refractivity contribution in [3.05, 3.63) is 35.7 Å². The van der Waals surface area contributed by atoms with Crippen LogP contribution in [0.4, 0.5) is 0 Å². The molecule has 0 bridgehead atoms. The number of carboxylic acid groups (broad SMARTS) is 1. The van der Waals surface area contributed by atoms with Gasteiger partial charge in [-0.05, 0) is 18.2 Å². The maximum Gasteiger partial charge on any atom is 1.00 e. The standard InChI is InChI=1S/C13H11IN2O5S.Na/c14-13(12(18)19)6-16-10(17)9(11(16)22(20,21)7-13)5-8-3-1-2-4-15-8;/h1-5,11H,6-7H2,(H,18,19);/q;+1/p-1/t11-,13?;/m1./s1. The van der Waals surface area contributed by atoms with E-state index in [2.05, 4.69) is 4.98 Å². The summed E-state index contributed by atoms with van der Waals surface area (Å²) in [7, 11) is -3.80. The van der Waals surface area contributed by atoms with Gasteiger partial charge in [-0.3, -0.25) is 9.78 Å². The number of aliphatic carboxylic acids is 1. The average molecular weight is 456 g/mol. The van der Waals surface area contributed by atoms with Crippen molar-refractivity contribution in [1.29, 1.82) is 0 Å². The van der Waals surface area contributed by atoms with Crippen molar-refractivity contribution in [2.45, 2.75) is 8.80 Å². The monoisotopic (exact) mass is 456 g/mol. The van der Waals surface area contributed by atoms with Crippen molar-refractivity contribution in [2.75, 3.05) is 12.3 Å². The van der Waals surface area contributed by atoms with Crippen LogP contribution in [0.25, 0.3) is 6.08 Å². The summed E-state index contributed by atoms with van der Waals surface area (Å²) in [4.78, 5) is 28.4. The second-order valence-corrected chi connectivity index (χ2v) is 9.33. The van der Waals surface area contributed by atoms with Gasteiger partial charge in [0.1, 0.15) is 0 Å². The van der Waals surface area contributed by atoms with Crippen LogP contribution in [-0.4, -0.2) is 51.3 Å². The minimum atomic E-state index is -3.80. The number of nitrogens with zero attached hydrogens (tertiary/aromatic N) is 2. The van der Waals surface area contributed by atoms with Crippen LogP contribution in [0.3, 0.4) is 0 Å². The molecular weight excluding hydrogens is 446 g/mol. The zero-order valence-corrected chi connectivity index (χ0v) is 17.1. The van der Waals surface area contributed by atoms with Gasteiger partial charge in [0, 0.05) is 12.7 Å². The molecule has 1 aromatic heterocycles. The van der Waals surface area contributed by atoms with E-state index in [1.54, 1.807) is 18.2 Å². The molecule has 3 rings (SSSR count). The van der Waals surface area contributed by atoms with E-state index in [1.807, 2.05) is 0 Å². The van der Waals surface area contributed by atoms with Gasteiger partial charge in [-0.15, -0.1) is 0 Å². The van der Waals surface area contributed by atoms with Crippen molar-refractivity contribution in [3.8, 4) is 0 Å². The third-order valence-electron chi connectivity index (χ3n) is 3.61. The molecule has 0 aliphatic carbocycles. The van der Waals surface area contributed by atoms with E-state index in [1.165, 1.54) is 34.9 Å². The first kappa shape index (κ1) is 18.8. The number of carbonyl (C=O) groups excluding carboxylic acids is 2. The Hall–Kier alpha value is -0.490. The Balaban J connectivity index is 0.00000192. The van der Waals surface area contributed by atoms with Gasteiger partial charge in [-0.1, -0.05) is 28.7 Å². The van der Waals surface area contributed by atoms with Gasteiger partial charge in [0.2, 0.25) is 0 Å². The Morgan fingerprint density at radius 2 is 2.17 bits per heavy atom. The van der Waals surface area contributed by atoms with E-state index < -0.39 is 36.3 Å². The Morgan fingerprint density at radius 1 is 1.48 bits per heavy atom. The van der Waals surface area contributed by atoms with Crippen molar-refractivity contribution in [2.24, 2.45) is 0 Å². The fourth-order valence-electron chi connectivity index (χ4n) is 2.61. The molecule has 0 spiro atoms. The number of carboxylic acids is 1. The summed E-state index contributed by atoms with van der Waals surface area (Å²) in [5.41, 5.74) is 0.599. The molecule has 116 valence electrons.